The molecule has 0 aliphatic rings. The summed E-state index contributed by atoms with van der Waals surface area (Å²) in [5.74, 6) is 1.74. The molecule has 0 aliphatic carbocycles. The van der Waals surface area contributed by atoms with Crippen molar-refractivity contribution in [2.75, 3.05) is 31.1 Å². The molecule has 0 saturated carbocycles. The third-order valence-corrected chi connectivity index (χ3v) is 8.84. The number of carbonyl (C=O) groups excluding carboxylic acids is 1. The minimum atomic E-state index is -2.71. The fourth-order valence-corrected chi connectivity index (χ4v) is 6.20. The summed E-state index contributed by atoms with van der Waals surface area (Å²) in [6.07, 6.45) is 2.45. The summed E-state index contributed by atoms with van der Waals surface area (Å²) >= 11 is 0. The van der Waals surface area contributed by atoms with Crippen molar-refractivity contribution < 1.29 is 18.8 Å². The van der Waals surface area contributed by atoms with Crippen LogP contribution < -0.4 is 25.4 Å². The first kappa shape index (κ1) is 30.8. The third-order valence-electron chi connectivity index (χ3n) is 7.34. The van der Waals surface area contributed by atoms with Crippen molar-refractivity contribution in [2.45, 2.75) is 32.6 Å². The number of nitrogens with one attached hydrogen (secondary N) is 2. The maximum absolute atomic E-state index is 13.4. The van der Waals surface area contributed by atoms with E-state index < -0.39 is 13.2 Å². The number of fused-ring (bicyclic) bond motifs is 1. The Morgan fingerprint density at radius 1 is 0.841 bits per heavy atom. The number of methoxy groups -OCH3 is 1. The van der Waals surface area contributed by atoms with E-state index in [-0.39, 0.29) is 5.41 Å². The highest BCUT2D eigenvalue weighted by Gasteiger charge is 2.26. The van der Waals surface area contributed by atoms with Gasteiger partial charge in [0.1, 0.15) is 18.6 Å². The molecule has 0 saturated heterocycles. The van der Waals surface area contributed by atoms with Crippen LogP contribution in [0.3, 0.4) is 0 Å². The molecule has 0 unspecified atom stereocenters. The van der Waals surface area contributed by atoms with Crippen LogP contribution in [0.25, 0.3) is 10.8 Å². The van der Waals surface area contributed by atoms with E-state index in [1.54, 1.807) is 19.5 Å². The molecule has 1 heterocycles. The van der Waals surface area contributed by atoms with Gasteiger partial charge in [-0.3, -0.25) is 4.98 Å². The average molecular weight is 608 g/mol. The lowest BCUT2D eigenvalue weighted by atomic mass is 9.86. The number of aromatic nitrogens is 1. The van der Waals surface area contributed by atoms with Crippen LogP contribution in [0.4, 0.5) is 16.2 Å². The van der Waals surface area contributed by atoms with Crippen molar-refractivity contribution >= 4 is 40.6 Å². The fraction of sp³-hybridized carbons (Fsp3) is 0.222. The lowest BCUT2D eigenvalue weighted by molar-refractivity contribution is 0.262. The third kappa shape index (κ3) is 7.12. The van der Waals surface area contributed by atoms with Gasteiger partial charge in [0.05, 0.1) is 23.8 Å². The highest BCUT2D eigenvalue weighted by atomic mass is 31.2. The summed E-state index contributed by atoms with van der Waals surface area (Å²) in [5, 5.41) is 8.20. The van der Waals surface area contributed by atoms with Crippen molar-refractivity contribution in [1.82, 2.24) is 4.98 Å². The monoisotopic (exact) mass is 607 g/mol. The van der Waals surface area contributed by atoms with Crippen molar-refractivity contribution in [3.05, 3.63) is 114 Å². The van der Waals surface area contributed by atoms with E-state index in [0.717, 1.165) is 22.0 Å². The molecular weight excluding hydrogens is 569 g/mol. The number of carbonyl (C=O) groups is 1. The lowest BCUT2D eigenvalue weighted by Crippen LogP contribution is -2.23. The SMILES string of the molecule is COc1c(NC(=O)Nc2ccc(Oc3ccnc(Cc4ccccc4)c3)c3ccccc23)cc(C(C)(C)C)cc1P(C)(C)=O. The Morgan fingerprint density at radius 3 is 2.20 bits per heavy atom. The molecule has 5 rings (SSSR count). The van der Waals surface area contributed by atoms with Crippen LogP contribution in [0.15, 0.2) is 97.2 Å². The van der Waals surface area contributed by atoms with Crippen LogP contribution in [0.1, 0.15) is 37.6 Å². The highest BCUT2D eigenvalue weighted by molar-refractivity contribution is 7.70. The maximum atomic E-state index is 13.4. The standard InChI is InChI=1S/C36H38N3O4P/c1-36(2,3)25-21-31(34(42-4)33(22-25)44(5,6)41)39-35(40)38-30-16-17-32(29-15-11-10-14-28(29)30)43-27-18-19-37-26(23-27)20-24-12-8-7-9-13-24/h7-19,21-23H,20H2,1-6H3,(H2,38,39,40). The van der Waals surface area contributed by atoms with Gasteiger partial charge in [0.15, 0.2) is 5.75 Å². The molecule has 0 spiro atoms. The van der Waals surface area contributed by atoms with Gasteiger partial charge in [-0.15, -0.1) is 0 Å². The second-order valence-electron chi connectivity index (χ2n) is 12.2. The fourth-order valence-electron chi connectivity index (χ4n) is 5.05. The zero-order chi connectivity index (χ0) is 31.5. The number of amides is 2. The number of ether oxygens (including phenoxy) is 2. The molecule has 2 N–H and O–H groups in total. The van der Waals surface area contributed by atoms with E-state index in [4.69, 9.17) is 9.47 Å². The van der Waals surface area contributed by atoms with Gasteiger partial charge in [-0.05, 0) is 60.2 Å². The number of pyridine rings is 1. The average Bonchev–Trinajstić information content (AvgIpc) is 2.98. The lowest BCUT2D eigenvalue weighted by Gasteiger charge is -2.25. The molecule has 5 aromatic rings. The van der Waals surface area contributed by atoms with Gasteiger partial charge in [0, 0.05) is 35.2 Å². The summed E-state index contributed by atoms with van der Waals surface area (Å²) in [5.41, 5.74) is 3.88. The number of rotatable bonds is 8. The summed E-state index contributed by atoms with van der Waals surface area (Å²) in [6, 6.07) is 28.7. The van der Waals surface area contributed by atoms with Gasteiger partial charge < -0.3 is 24.7 Å². The molecule has 8 heteroatoms. The first-order valence-corrected chi connectivity index (χ1v) is 17.1. The predicted molar refractivity (Wildman–Crippen MR) is 181 cm³/mol. The van der Waals surface area contributed by atoms with Gasteiger partial charge in [-0.25, -0.2) is 4.79 Å². The molecule has 1 aromatic heterocycles. The molecular formula is C36H38N3O4P. The van der Waals surface area contributed by atoms with E-state index in [1.807, 2.05) is 78.9 Å². The van der Waals surface area contributed by atoms with E-state index in [1.165, 1.54) is 12.7 Å². The van der Waals surface area contributed by atoms with Crippen molar-refractivity contribution in [1.29, 1.82) is 0 Å². The Bertz CT molecular complexity index is 1860. The number of benzene rings is 4. The molecule has 0 aliphatic heterocycles. The van der Waals surface area contributed by atoms with E-state index in [2.05, 4.69) is 48.5 Å². The smallest absolute Gasteiger partial charge is 0.323 e. The van der Waals surface area contributed by atoms with Gasteiger partial charge in [0.2, 0.25) is 0 Å². The van der Waals surface area contributed by atoms with Crippen molar-refractivity contribution in [3.63, 3.8) is 0 Å². The molecule has 0 bridgehead atoms. The van der Waals surface area contributed by atoms with E-state index in [9.17, 15) is 9.36 Å². The Labute approximate surface area is 259 Å². The molecule has 0 atom stereocenters. The number of hydrogen-bond donors (Lipinski definition) is 2. The van der Waals surface area contributed by atoms with E-state index >= 15 is 0 Å². The largest absolute Gasteiger partial charge is 0.494 e. The summed E-state index contributed by atoms with van der Waals surface area (Å²) < 4.78 is 25.2. The zero-order valence-electron chi connectivity index (χ0n) is 26.0. The summed E-state index contributed by atoms with van der Waals surface area (Å²) in [7, 11) is -1.19. The first-order chi connectivity index (χ1) is 20.9. The summed E-state index contributed by atoms with van der Waals surface area (Å²) in [6.45, 7) is 9.62. The Balaban J connectivity index is 1.41. The maximum Gasteiger partial charge on any atom is 0.323 e. The number of nitrogens with zero attached hydrogens (tertiary/aromatic N) is 1. The van der Waals surface area contributed by atoms with Crippen LogP contribution in [-0.2, 0) is 16.4 Å². The Kier molecular flexibility index (Phi) is 8.80. The molecule has 4 aromatic carbocycles. The Hall–Kier alpha value is -4.61. The quantitative estimate of drug-likeness (QED) is 0.172. The first-order valence-electron chi connectivity index (χ1n) is 14.5. The van der Waals surface area contributed by atoms with Crippen LogP contribution in [0, 0.1) is 0 Å². The zero-order valence-corrected chi connectivity index (χ0v) is 26.9. The highest BCUT2D eigenvalue weighted by Crippen LogP contribution is 2.43. The van der Waals surface area contributed by atoms with Gasteiger partial charge in [-0.1, -0.05) is 75.4 Å². The molecule has 44 heavy (non-hydrogen) atoms. The summed E-state index contributed by atoms with van der Waals surface area (Å²) in [4.78, 5) is 17.9. The minimum Gasteiger partial charge on any atom is -0.494 e. The molecule has 226 valence electrons. The van der Waals surface area contributed by atoms with Gasteiger partial charge >= 0.3 is 6.03 Å². The van der Waals surface area contributed by atoms with Crippen LogP contribution >= 0.6 is 7.14 Å². The Morgan fingerprint density at radius 2 is 1.52 bits per heavy atom. The van der Waals surface area contributed by atoms with Crippen LogP contribution in [0.2, 0.25) is 0 Å². The van der Waals surface area contributed by atoms with E-state index in [0.29, 0.717) is 40.3 Å². The molecule has 0 fully saturated rings. The number of hydrogen-bond acceptors (Lipinski definition) is 5. The minimum absolute atomic E-state index is 0.230. The van der Waals surface area contributed by atoms with Gasteiger partial charge in [0.25, 0.3) is 0 Å². The second kappa shape index (κ2) is 12.6. The van der Waals surface area contributed by atoms with Crippen molar-refractivity contribution in [3.8, 4) is 17.2 Å². The van der Waals surface area contributed by atoms with Crippen LogP contribution in [0.5, 0.6) is 17.2 Å². The molecule has 7 nitrogen and oxygen atoms in total. The molecule has 0 radical (unpaired) electrons. The van der Waals surface area contributed by atoms with Crippen LogP contribution in [-0.4, -0.2) is 31.5 Å². The number of urea groups is 1. The second-order valence-corrected chi connectivity index (χ2v) is 15.3. The van der Waals surface area contributed by atoms with Crippen molar-refractivity contribution in [2.24, 2.45) is 0 Å². The number of anilines is 2. The normalized spacial score (nSPS) is 11.7. The topological polar surface area (TPSA) is 89.6 Å². The molecule has 2 amide bonds. The van der Waals surface area contributed by atoms with Gasteiger partial charge in [-0.2, -0.15) is 0 Å². The predicted octanol–water partition coefficient (Wildman–Crippen LogP) is 8.82.